The lowest BCUT2D eigenvalue weighted by molar-refractivity contribution is 0.104. The van der Waals surface area contributed by atoms with Gasteiger partial charge in [0.05, 0.1) is 24.3 Å². The van der Waals surface area contributed by atoms with Gasteiger partial charge in [-0.2, -0.15) is 21.0 Å². The van der Waals surface area contributed by atoms with Crippen molar-refractivity contribution >= 4 is 0 Å². The van der Waals surface area contributed by atoms with E-state index in [0.29, 0.717) is 24.9 Å². The first kappa shape index (κ1) is 12.0. The van der Waals surface area contributed by atoms with E-state index in [2.05, 4.69) is 11.9 Å². The summed E-state index contributed by atoms with van der Waals surface area (Å²) in [7, 11) is 2.05. The molecule has 1 spiro atoms. The van der Waals surface area contributed by atoms with E-state index >= 15 is 0 Å². The second-order valence-electron chi connectivity index (χ2n) is 5.99. The molecule has 1 aliphatic carbocycles. The molecule has 2 saturated heterocycles. The van der Waals surface area contributed by atoms with E-state index in [0.717, 1.165) is 12.8 Å². The van der Waals surface area contributed by atoms with Crippen LogP contribution in [0.3, 0.4) is 0 Å². The zero-order valence-corrected chi connectivity index (χ0v) is 10.7. The predicted molar refractivity (Wildman–Crippen MR) is 63.6 cm³/mol. The fourth-order valence-corrected chi connectivity index (χ4v) is 4.59. The van der Waals surface area contributed by atoms with Crippen LogP contribution >= 0.6 is 0 Å². The second-order valence-corrected chi connectivity index (χ2v) is 5.99. The Morgan fingerprint density at radius 2 is 1.21 bits per heavy atom. The van der Waals surface area contributed by atoms with Crippen LogP contribution in [0.1, 0.15) is 25.7 Å². The van der Waals surface area contributed by atoms with Crippen molar-refractivity contribution in [3.63, 3.8) is 0 Å². The molecular weight excluding hydrogens is 238 g/mol. The van der Waals surface area contributed by atoms with Gasteiger partial charge in [-0.1, -0.05) is 0 Å². The molecule has 0 radical (unpaired) electrons. The monoisotopic (exact) mass is 251 g/mol. The van der Waals surface area contributed by atoms with E-state index in [1.54, 1.807) is 0 Å². The van der Waals surface area contributed by atoms with Gasteiger partial charge in [0, 0.05) is 17.5 Å². The lowest BCUT2D eigenvalue weighted by Crippen LogP contribution is -2.43. The molecule has 19 heavy (non-hydrogen) atoms. The Bertz CT molecular complexity index is 526. The van der Waals surface area contributed by atoms with Gasteiger partial charge in [0.15, 0.2) is 10.8 Å². The maximum atomic E-state index is 9.44. The summed E-state index contributed by atoms with van der Waals surface area (Å²) in [6.07, 6.45) is 3.29. The van der Waals surface area contributed by atoms with Gasteiger partial charge in [0.2, 0.25) is 0 Å². The number of rotatable bonds is 0. The van der Waals surface area contributed by atoms with E-state index < -0.39 is 16.2 Å². The summed E-state index contributed by atoms with van der Waals surface area (Å²) in [6.45, 7) is 0. The Balaban J connectivity index is 2.13. The van der Waals surface area contributed by atoms with Gasteiger partial charge >= 0.3 is 0 Å². The van der Waals surface area contributed by atoms with Crippen LogP contribution in [0.15, 0.2) is 0 Å². The molecule has 0 unspecified atom stereocenters. The Hall–Kier alpha value is -2.08. The first-order chi connectivity index (χ1) is 9.08. The highest BCUT2D eigenvalue weighted by atomic mass is 15.2. The van der Waals surface area contributed by atoms with Crippen molar-refractivity contribution in [2.75, 3.05) is 7.05 Å². The Kier molecular flexibility index (Phi) is 2.06. The summed E-state index contributed by atoms with van der Waals surface area (Å²) >= 11 is 0. The first-order valence-corrected chi connectivity index (χ1v) is 6.45. The molecule has 0 N–H and O–H groups in total. The van der Waals surface area contributed by atoms with Crippen molar-refractivity contribution in [3.05, 3.63) is 0 Å². The Morgan fingerprint density at radius 1 is 0.842 bits per heavy atom. The summed E-state index contributed by atoms with van der Waals surface area (Å²) < 4.78 is 0. The standard InChI is InChI=1S/C14H13N5/c1-19-10-2-3-11(19)5-12(4-10)13(6-15,7-16)14(12,8-17)9-18/h10-11H,2-5H2,1H3/t10-,11+. The van der Waals surface area contributed by atoms with E-state index in [4.69, 9.17) is 0 Å². The smallest absolute Gasteiger partial charge is 0.184 e. The van der Waals surface area contributed by atoms with Gasteiger partial charge in [0.1, 0.15) is 0 Å². The summed E-state index contributed by atoms with van der Waals surface area (Å²) in [5.41, 5.74) is -3.62. The van der Waals surface area contributed by atoms with Gasteiger partial charge in [-0.3, -0.25) is 0 Å². The number of nitriles is 4. The highest BCUT2D eigenvalue weighted by Crippen LogP contribution is 2.82. The SMILES string of the molecule is CN1[C@@H]2CC[C@H]1CC1(C2)C(C#N)(C#N)C1(C#N)C#N. The lowest BCUT2D eigenvalue weighted by Gasteiger charge is -2.37. The summed E-state index contributed by atoms with van der Waals surface area (Å²) in [5, 5.41) is 37.8. The van der Waals surface area contributed by atoms with Gasteiger partial charge < -0.3 is 4.90 Å². The van der Waals surface area contributed by atoms with Crippen LogP contribution in [-0.4, -0.2) is 24.0 Å². The molecule has 1 saturated carbocycles. The number of hydrogen-bond acceptors (Lipinski definition) is 5. The largest absolute Gasteiger partial charge is 0.300 e. The minimum atomic E-state index is -1.44. The summed E-state index contributed by atoms with van der Waals surface area (Å²) in [4.78, 5) is 2.28. The quantitative estimate of drug-likeness (QED) is 0.646. The highest BCUT2D eigenvalue weighted by molar-refractivity contribution is 5.57. The third-order valence-electron chi connectivity index (χ3n) is 5.76. The van der Waals surface area contributed by atoms with E-state index in [1.165, 1.54) is 0 Å². The molecule has 0 aromatic heterocycles. The van der Waals surface area contributed by atoms with Crippen molar-refractivity contribution in [1.82, 2.24) is 4.90 Å². The molecule has 5 heteroatoms. The topological polar surface area (TPSA) is 98.4 Å². The zero-order chi connectivity index (χ0) is 13.9. The van der Waals surface area contributed by atoms with Gasteiger partial charge in [-0.05, 0) is 32.7 Å². The maximum absolute atomic E-state index is 9.44. The van der Waals surface area contributed by atoms with Gasteiger partial charge in [0.25, 0.3) is 0 Å². The molecule has 0 aromatic rings. The van der Waals surface area contributed by atoms with Gasteiger partial charge in [-0.15, -0.1) is 0 Å². The number of fused-ring (bicyclic) bond motifs is 2. The minimum Gasteiger partial charge on any atom is -0.300 e. The molecule has 2 heterocycles. The number of nitrogens with zero attached hydrogens (tertiary/aromatic N) is 5. The summed E-state index contributed by atoms with van der Waals surface area (Å²) in [6, 6.07) is 8.65. The van der Waals surface area contributed by atoms with Crippen molar-refractivity contribution in [3.8, 4) is 24.3 Å². The van der Waals surface area contributed by atoms with E-state index in [9.17, 15) is 21.0 Å². The average Bonchev–Trinajstić information content (AvgIpc) is 2.87. The lowest BCUT2D eigenvalue weighted by atomic mass is 9.79. The van der Waals surface area contributed by atoms with Crippen molar-refractivity contribution in [1.29, 1.82) is 21.0 Å². The molecule has 0 amide bonds. The number of hydrogen-bond donors (Lipinski definition) is 0. The van der Waals surface area contributed by atoms with Crippen molar-refractivity contribution < 1.29 is 0 Å². The summed E-state index contributed by atoms with van der Waals surface area (Å²) in [5.74, 6) is 0. The second kappa shape index (κ2) is 3.27. The van der Waals surface area contributed by atoms with Crippen LogP contribution in [0.25, 0.3) is 0 Å². The predicted octanol–water partition coefficient (Wildman–Crippen LogP) is 1.31. The Morgan fingerprint density at radius 3 is 1.53 bits per heavy atom. The zero-order valence-electron chi connectivity index (χ0n) is 10.7. The fourth-order valence-electron chi connectivity index (χ4n) is 4.59. The first-order valence-electron chi connectivity index (χ1n) is 6.45. The van der Waals surface area contributed by atoms with Gasteiger partial charge in [-0.25, -0.2) is 0 Å². The molecule has 2 atom stereocenters. The normalized spacial score (nSPS) is 35.6. The minimum absolute atomic E-state index is 0.295. The molecule has 5 nitrogen and oxygen atoms in total. The fraction of sp³-hybridized carbons (Fsp3) is 0.714. The molecule has 3 fully saturated rings. The van der Waals surface area contributed by atoms with Crippen LogP contribution < -0.4 is 0 Å². The third kappa shape index (κ3) is 0.920. The molecular formula is C14H13N5. The molecule has 2 bridgehead atoms. The van der Waals surface area contributed by atoms with Crippen molar-refractivity contribution in [2.45, 2.75) is 37.8 Å². The van der Waals surface area contributed by atoms with E-state index in [-0.39, 0.29) is 0 Å². The maximum Gasteiger partial charge on any atom is 0.184 e. The molecule has 2 aliphatic heterocycles. The van der Waals surface area contributed by atoms with Crippen LogP contribution in [-0.2, 0) is 0 Å². The average molecular weight is 251 g/mol. The third-order valence-corrected chi connectivity index (χ3v) is 5.76. The van der Waals surface area contributed by atoms with Crippen molar-refractivity contribution in [2.24, 2.45) is 16.2 Å². The molecule has 3 aliphatic rings. The van der Waals surface area contributed by atoms with Crippen LogP contribution in [0.4, 0.5) is 0 Å². The van der Waals surface area contributed by atoms with Crippen LogP contribution in [0, 0.1) is 61.6 Å². The molecule has 0 aromatic carbocycles. The van der Waals surface area contributed by atoms with Crippen LogP contribution in [0.5, 0.6) is 0 Å². The van der Waals surface area contributed by atoms with E-state index in [1.807, 2.05) is 24.3 Å². The van der Waals surface area contributed by atoms with Crippen LogP contribution in [0.2, 0.25) is 0 Å². The number of piperidine rings is 1. The Labute approximate surface area is 112 Å². The molecule has 94 valence electrons. The highest BCUT2D eigenvalue weighted by Gasteiger charge is 2.92. The molecule has 3 rings (SSSR count).